The van der Waals surface area contributed by atoms with E-state index in [0.29, 0.717) is 0 Å². The molecule has 0 amide bonds. The number of hydrogen-bond acceptors (Lipinski definition) is 3. The molecule has 0 fully saturated rings. The van der Waals surface area contributed by atoms with E-state index in [2.05, 4.69) is 35.9 Å². The Labute approximate surface area is 90.7 Å². The maximum Gasteiger partial charge on any atom is 0.0912 e. The second-order valence-electron chi connectivity index (χ2n) is 3.65. The molecule has 1 aromatic rings. The van der Waals surface area contributed by atoms with Crippen molar-refractivity contribution in [3.63, 3.8) is 0 Å². The van der Waals surface area contributed by atoms with Crippen LogP contribution in [0.25, 0.3) is 0 Å². The van der Waals surface area contributed by atoms with Gasteiger partial charge in [0.1, 0.15) is 0 Å². The summed E-state index contributed by atoms with van der Waals surface area (Å²) in [6.45, 7) is 6.55. The fourth-order valence-corrected chi connectivity index (χ4v) is 2.27. The van der Waals surface area contributed by atoms with Crippen LogP contribution in [0.1, 0.15) is 18.9 Å². The number of aryl methyl sites for hydroxylation is 1. The summed E-state index contributed by atoms with van der Waals surface area (Å²) in [7, 11) is 2.01. The van der Waals surface area contributed by atoms with Gasteiger partial charge in [-0.05, 0) is 43.4 Å². The number of rotatable bonds is 6. The largest absolute Gasteiger partial charge is 0.376 e. The smallest absolute Gasteiger partial charge is 0.0912 e. The summed E-state index contributed by atoms with van der Waals surface area (Å²) in [6, 6.07) is 2.16. The van der Waals surface area contributed by atoms with Crippen LogP contribution in [0.4, 0.5) is 5.00 Å². The first-order valence-electron chi connectivity index (χ1n) is 5.20. The summed E-state index contributed by atoms with van der Waals surface area (Å²) in [5.74, 6) is 0.724. The zero-order chi connectivity index (χ0) is 10.4. The van der Waals surface area contributed by atoms with Crippen LogP contribution in [0.2, 0.25) is 0 Å². The molecule has 0 aliphatic rings. The van der Waals surface area contributed by atoms with Crippen LogP contribution in [-0.4, -0.2) is 20.1 Å². The third-order valence-corrected chi connectivity index (χ3v) is 3.46. The van der Waals surface area contributed by atoms with Gasteiger partial charge in [0, 0.05) is 6.54 Å². The second-order valence-corrected chi connectivity index (χ2v) is 4.56. The first-order valence-corrected chi connectivity index (χ1v) is 6.08. The number of anilines is 1. The van der Waals surface area contributed by atoms with E-state index in [-0.39, 0.29) is 0 Å². The minimum Gasteiger partial charge on any atom is -0.376 e. The lowest BCUT2D eigenvalue weighted by molar-refractivity contribution is 0.507. The van der Waals surface area contributed by atoms with Gasteiger partial charge < -0.3 is 10.6 Å². The van der Waals surface area contributed by atoms with Crippen LogP contribution >= 0.6 is 11.3 Å². The molecule has 14 heavy (non-hydrogen) atoms. The Morgan fingerprint density at radius 3 is 2.71 bits per heavy atom. The molecule has 0 aliphatic carbocycles. The highest BCUT2D eigenvalue weighted by Gasteiger charge is 2.05. The van der Waals surface area contributed by atoms with Crippen molar-refractivity contribution in [1.29, 1.82) is 0 Å². The maximum absolute atomic E-state index is 3.51. The summed E-state index contributed by atoms with van der Waals surface area (Å²) < 4.78 is 0. The summed E-state index contributed by atoms with van der Waals surface area (Å²) in [5, 5.41) is 10.2. The molecule has 0 radical (unpaired) electrons. The minimum atomic E-state index is 0.724. The van der Waals surface area contributed by atoms with E-state index in [9.17, 15) is 0 Å². The summed E-state index contributed by atoms with van der Waals surface area (Å²) >= 11 is 1.79. The molecular weight excluding hydrogens is 192 g/mol. The van der Waals surface area contributed by atoms with Crippen molar-refractivity contribution in [3.05, 3.63) is 17.0 Å². The Morgan fingerprint density at radius 1 is 1.43 bits per heavy atom. The molecule has 0 saturated heterocycles. The molecule has 0 saturated carbocycles. The van der Waals surface area contributed by atoms with Crippen molar-refractivity contribution in [2.75, 3.05) is 25.5 Å². The van der Waals surface area contributed by atoms with Gasteiger partial charge in [0.2, 0.25) is 0 Å². The van der Waals surface area contributed by atoms with Crippen LogP contribution in [0.3, 0.4) is 0 Å². The summed E-state index contributed by atoms with van der Waals surface area (Å²) in [6.07, 6.45) is 1.22. The minimum absolute atomic E-state index is 0.724. The van der Waals surface area contributed by atoms with Gasteiger partial charge in [0.25, 0.3) is 0 Å². The van der Waals surface area contributed by atoms with Gasteiger partial charge in [-0.2, -0.15) is 0 Å². The first-order chi connectivity index (χ1) is 6.77. The van der Waals surface area contributed by atoms with E-state index in [1.165, 1.54) is 17.0 Å². The van der Waals surface area contributed by atoms with E-state index in [1.807, 2.05) is 7.05 Å². The molecule has 1 rings (SSSR count). The van der Waals surface area contributed by atoms with Crippen molar-refractivity contribution < 1.29 is 0 Å². The highest BCUT2D eigenvalue weighted by molar-refractivity contribution is 7.14. The zero-order valence-electron chi connectivity index (χ0n) is 9.26. The van der Waals surface area contributed by atoms with E-state index in [1.54, 1.807) is 11.3 Å². The predicted molar refractivity (Wildman–Crippen MR) is 65.3 cm³/mol. The maximum atomic E-state index is 3.51. The van der Waals surface area contributed by atoms with Crippen molar-refractivity contribution in [3.8, 4) is 0 Å². The van der Waals surface area contributed by atoms with Gasteiger partial charge >= 0.3 is 0 Å². The lowest BCUT2D eigenvalue weighted by atomic mass is 10.1. The van der Waals surface area contributed by atoms with Crippen LogP contribution in [0.5, 0.6) is 0 Å². The van der Waals surface area contributed by atoms with Crippen LogP contribution < -0.4 is 10.6 Å². The number of nitrogens with one attached hydrogen (secondary N) is 2. The standard InChI is InChI=1S/C11H20N2S/c1-4-10(7-12-3)8-13-11-9(2)5-6-14-11/h5-6,10,12-13H,4,7-8H2,1-3H3. The SMILES string of the molecule is CCC(CNC)CNc1sccc1C. The molecular formula is C11H20N2S. The number of thiophene rings is 1. The van der Waals surface area contributed by atoms with Crippen LogP contribution in [0.15, 0.2) is 11.4 Å². The molecule has 1 aromatic heterocycles. The average Bonchev–Trinajstić information content (AvgIpc) is 2.59. The molecule has 2 nitrogen and oxygen atoms in total. The van der Waals surface area contributed by atoms with E-state index >= 15 is 0 Å². The lowest BCUT2D eigenvalue weighted by Gasteiger charge is -2.15. The zero-order valence-corrected chi connectivity index (χ0v) is 10.1. The molecule has 80 valence electrons. The predicted octanol–water partition coefficient (Wildman–Crippen LogP) is 2.71. The van der Waals surface area contributed by atoms with Gasteiger partial charge in [0.15, 0.2) is 0 Å². The van der Waals surface area contributed by atoms with E-state index in [0.717, 1.165) is 19.0 Å². The highest BCUT2D eigenvalue weighted by Crippen LogP contribution is 2.22. The summed E-state index contributed by atoms with van der Waals surface area (Å²) in [5.41, 5.74) is 1.36. The van der Waals surface area contributed by atoms with Crippen molar-refractivity contribution in [1.82, 2.24) is 5.32 Å². The van der Waals surface area contributed by atoms with Gasteiger partial charge in [-0.3, -0.25) is 0 Å². The quantitative estimate of drug-likeness (QED) is 0.757. The number of hydrogen-bond donors (Lipinski definition) is 2. The summed E-state index contributed by atoms with van der Waals surface area (Å²) in [4.78, 5) is 0. The molecule has 0 spiro atoms. The fraction of sp³-hybridized carbons (Fsp3) is 0.636. The first kappa shape index (κ1) is 11.5. The Bertz CT molecular complexity index is 258. The Balaban J connectivity index is 2.35. The second kappa shape index (κ2) is 6.04. The molecule has 0 aromatic carbocycles. The van der Waals surface area contributed by atoms with Crippen LogP contribution in [0, 0.1) is 12.8 Å². The topological polar surface area (TPSA) is 24.1 Å². The molecule has 1 unspecified atom stereocenters. The Hall–Kier alpha value is -0.540. The van der Waals surface area contributed by atoms with Crippen LogP contribution in [-0.2, 0) is 0 Å². The molecule has 1 heterocycles. The lowest BCUT2D eigenvalue weighted by Crippen LogP contribution is -2.24. The fourth-order valence-electron chi connectivity index (χ4n) is 1.44. The molecule has 0 aliphatic heterocycles. The monoisotopic (exact) mass is 212 g/mol. The normalized spacial score (nSPS) is 12.8. The van der Waals surface area contributed by atoms with Gasteiger partial charge in [-0.15, -0.1) is 11.3 Å². The van der Waals surface area contributed by atoms with Gasteiger partial charge in [-0.25, -0.2) is 0 Å². The van der Waals surface area contributed by atoms with Crippen molar-refractivity contribution >= 4 is 16.3 Å². The van der Waals surface area contributed by atoms with E-state index in [4.69, 9.17) is 0 Å². The Morgan fingerprint density at radius 2 is 2.21 bits per heavy atom. The third-order valence-electron chi connectivity index (χ3n) is 2.48. The van der Waals surface area contributed by atoms with E-state index < -0.39 is 0 Å². The van der Waals surface area contributed by atoms with Gasteiger partial charge in [-0.1, -0.05) is 13.3 Å². The van der Waals surface area contributed by atoms with Crippen molar-refractivity contribution in [2.45, 2.75) is 20.3 Å². The van der Waals surface area contributed by atoms with Crippen molar-refractivity contribution in [2.24, 2.45) is 5.92 Å². The molecule has 0 bridgehead atoms. The Kier molecular flexibility index (Phi) is 4.98. The molecule has 2 N–H and O–H groups in total. The van der Waals surface area contributed by atoms with Gasteiger partial charge in [0.05, 0.1) is 5.00 Å². The average molecular weight is 212 g/mol. The molecule has 1 atom stereocenters. The molecule has 3 heteroatoms. The third kappa shape index (κ3) is 3.31. The highest BCUT2D eigenvalue weighted by atomic mass is 32.1.